The van der Waals surface area contributed by atoms with E-state index in [1.807, 2.05) is 13.8 Å². The standard InChI is InChI=1S/C17H21NS.C2H6/c1-12(2)15-8-10-16(11-9-15)18-19-17-7-5-6-13(3)14(17)4;1-2/h5-12,18H,1-4H3;1-2H3. The molecule has 0 spiro atoms. The average molecular weight is 301 g/mol. The maximum atomic E-state index is 3.41. The molecular formula is C19H27NS. The Morgan fingerprint density at radius 1 is 0.905 bits per heavy atom. The topological polar surface area (TPSA) is 12.0 Å². The minimum atomic E-state index is 0.584. The van der Waals surface area contributed by atoms with E-state index in [9.17, 15) is 0 Å². The van der Waals surface area contributed by atoms with E-state index in [2.05, 4.69) is 74.9 Å². The number of aryl methyl sites for hydroxylation is 1. The second kappa shape index (κ2) is 8.78. The molecule has 114 valence electrons. The number of nitrogens with one attached hydrogen (secondary N) is 1. The van der Waals surface area contributed by atoms with Crippen molar-refractivity contribution >= 4 is 17.6 Å². The fourth-order valence-corrected chi connectivity index (χ4v) is 2.71. The molecule has 0 saturated heterocycles. The molecule has 0 saturated carbocycles. The van der Waals surface area contributed by atoms with Gasteiger partial charge < -0.3 is 4.72 Å². The zero-order chi connectivity index (χ0) is 15.8. The van der Waals surface area contributed by atoms with Crippen molar-refractivity contribution in [2.24, 2.45) is 0 Å². The van der Waals surface area contributed by atoms with Gasteiger partial charge in [-0.3, -0.25) is 0 Å². The molecule has 0 atom stereocenters. The molecule has 0 amide bonds. The van der Waals surface area contributed by atoms with Gasteiger partial charge in [0, 0.05) is 10.6 Å². The Hall–Kier alpha value is -1.41. The van der Waals surface area contributed by atoms with Gasteiger partial charge in [0.1, 0.15) is 0 Å². The van der Waals surface area contributed by atoms with Crippen molar-refractivity contribution in [1.82, 2.24) is 0 Å². The molecule has 0 aliphatic carbocycles. The third-order valence-electron chi connectivity index (χ3n) is 3.41. The molecule has 0 radical (unpaired) electrons. The molecule has 2 heteroatoms. The predicted molar refractivity (Wildman–Crippen MR) is 97.3 cm³/mol. The van der Waals surface area contributed by atoms with Gasteiger partial charge in [0.2, 0.25) is 0 Å². The van der Waals surface area contributed by atoms with Gasteiger partial charge in [0.25, 0.3) is 0 Å². The van der Waals surface area contributed by atoms with Gasteiger partial charge >= 0.3 is 0 Å². The van der Waals surface area contributed by atoms with E-state index < -0.39 is 0 Å². The molecule has 0 unspecified atom stereocenters. The highest BCUT2D eigenvalue weighted by Gasteiger charge is 2.02. The van der Waals surface area contributed by atoms with E-state index in [-0.39, 0.29) is 0 Å². The van der Waals surface area contributed by atoms with E-state index in [0.717, 1.165) is 5.69 Å². The van der Waals surface area contributed by atoms with Gasteiger partial charge in [0.15, 0.2) is 0 Å². The van der Waals surface area contributed by atoms with Gasteiger partial charge in [-0.25, -0.2) is 0 Å². The summed E-state index contributed by atoms with van der Waals surface area (Å²) in [5.41, 5.74) is 5.21. The van der Waals surface area contributed by atoms with Crippen molar-refractivity contribution < 1.29 is 0 Å². The molecule has 0 heterocycles. The smallest absolute Gasteiger partial charge is 0.0443 e. The Bertz CT molecular complexity index is 544. The molecule has 2 aromatic rings. The molecule has 2 aromatic carbocycles. The molecule has 0 fully saturated rings. The summed E-state index contributed by atoms with van der Waals surface area (Å²) in [5, 5.41) is 0. The molecule has 2 rings (SSSR count). The summed E-state index contributed by atoms with van der Waals surface area (Å²) in [5.74, 6) is 0.584. The van der Waals surface area contributed by atoms with Crippen molar-refractivity contribution in [2.75, 3.05) is 4.72 Å². The normalized spacial score (nSPS) is 10.0. The molecule has 21 heavy (non-hydrogen) atoms. The van der Waals surface area contributed by atoms with Crippen LogP contribution in [-0.4, -0.2) is 0 Å². The van der Waals surface area contributed by atoms with Gasteiger partial charge in [-0.2, -0.15) is 0 Å². The maximum Gasteiger partial charge on any atom is 0.0443 e. The van der Waals surface area contributed by atoms with Crippen molar-refractivity contribution in [1.29, 1.82) is 0 Å². The lowest BCUT2D eigenvalue weighted by atomic mass is 10.0. The van der Waals surface area contributed by atoms with Crippen LogP contribution in [0.2, 0.25) is 0 Å². The Labute approximate surface area is 134 Å². The van der Waals surface area contributed by atoms with Crippen LogP contribution in [0.3, 0.4) is 0 Å². The van der Waals surface area contributed by atoms with Gasteiger partial charge in [-0.05, 0) is 66.6 Å². The van der Waals surface area contributed by atoms with Crippen LogP contribution in [0.5, 0.6) is 0 Å². The van der Waals surface area contributed by atoms with E-state index in [4.69, 9.17) is 0 Å². The Morgan fingerprint density at radius 3 is 2.10 bits per heavy atom. The van der Waals surface area contributed by atoms with Gasteiger partial charge in [0.05, 0.1) is 0 Å². The Kier molecular flexibility index (Phi) is 7.38. The quantitative estimate of drug-likeness (QED) is 0.641. The molecule has 0 bridgehead atoms. The highest BCUT2D eigenvalue weighted by atomic mass is 32.2. The van der Waals surface area contributed by atoms with E-state index in [1.54, 1.807) is 11.9 Å². The molecule has 1 nitrogen and oxygen atoms in total. The van der Waals surface area contributed by atoms with Crippen molar-refractivity contribution in [3.8, 4) is 0 Å². The van der Waals surface area contributed by atoms with Crippen LogP contribution in [0, 0.1) is 13.8 Å². The summed E-state index contributed by atoms with van der Waals surface area (Å²) < 4.78 is 3.41. The molecule has 0 aromatic heterocycles. The Balaban J connectivity index is 0.00000106. The summed E-state index contributed by atoms with van der Waals surface area (Å²) in [7, 11) is 0. The van der Waals surface area contributed by atoms with Crippen molar-refractivity contribution in [3.05, 3.63) is 59.2 Å². The number of hydrogen-bond donors (Lipinski definition) is 1. The second-order valence-corrected chi connectivity index (χ2v) is 6.03. The lowest BCUT2D eigenvalue weighted by Crippen LogP contribution is -1.92. The minimum absolute atomic E-state index is 0.584. The lowest BCUT2D eigenvalue weighted by molar-refractivity contribution is 0.867. The summed E-state index contributed by atoms with van der Waals surface area (Å²) in [6, 6.07) is 15.1. The number of benzene rings is 2. The molecule has 0 aliphatic heterocycles. The Morgan fingerprint density at radius 2 is 1.52 bits per heavy atom. The number of rotatable bonds is 4. The third-order valence-corrected chi connectivity index (χ3v) is 4.41. The first kappa shape index (κ1) is 17.6. The number of anilines is 1. The van der Waals surface area contributed by atoms with Crippen LogP contribution in [0.4, 0.5) is 5.69 Å². The highest BCUT2D eigenvalue weighted by Crippen LogP contribution is 2.26. The van der Waals surface area contributed by atoms with E-state index >= 15 is 0 Å². The maximum absolute atomic E-state index is 3.41. The first-order chi connectivity index (χ1) is 10.1. The summed E-state index contributed by atoms with van der Waals surface area (Å²) in [6.45, 7) is 12.7. The largest absolute Gasteiger partial charge is 0.326 e. The number of hydrogen-bond acceptors (Lipinski definition) is 2. The van der Waals surface area contributed by atoms with Crippen LogP contribution < -0.4 is 4.72 Å². The SMILES string of the molecule is CC.Cc1cccc(SNc2ccc(C(C)C)cc2)c1C. The second-order valence-electron chi connectivity index (χ2n) is 5.18. The van der Waals surface area contributed by atoms with Gasteiger partial charge in [-0.15, -0.1) is 0 Å². The first-order valence-electron chi connectivity index (χ1n) is 7.67. The zero-order valence-corrected chi connectivity index (χ0v) is 14.8. The van der Waals surface area contributed by atoms with Crippen LogP contribution in [0.25, 0.3) is 0 Å². The van der Waals surface area contributed by atoms with Crippen LogP contribution in [0.15, 0.2) is 47.4 Å². The predicted octanol–water partition coefficient (Wildman–Crippen LogP) is 6.57. The van der Waals surface area contributed by atoms with Crippen LogP contribution >= 0.6 is 11.9 Å². The van der Waals surface area contributed by atoms with Crippen LogP contribution in [-0.2, 0) is 0 Å². The van der Waals surface area contributed by atoms with Crippen molar-refractivity contribution in [3.63, 3.8) is 0 Å². The third kappa shape index (κ3) is 5.13. The fraction of sp³-hybridized carbons (Fsp3) is 0.368. The van der Waals surface area contributed by atoms with E-state index in [0.29, 0.717) is 5.92 Å². The molecule has 1 N–H and O–H groups in total. The summed E-state index contributed by atoms with van der Waals surface area (Å²) >= 11 is 1.68. The minimum Gasteiger partial charge on any atom is -0.326 e. The van der Waals surface area contributed by atoms with Gasteiger partial charge in [-0.1, -0.05) is 52.0 Å². The molecular weight excluding hydrogens is 274 g/mol. The van der Waals surface area contributed by atoms with Crippen LogP contribution in [0.1, 0.15) is 50.3 Å². The lowest BCUT2D eigenvalue weighted by Gasteiger charge is -2.11. The average Bonchev–Trinajstić information content (AvgIpc) is 2.51. The first-order valence-corrected chi connectivity index (χ1v) is 8.48. The van der Waals surface area contributed by atoms with Crippen molar-refractivity contribution in [2.45, 2.75) is 52.4 Å². The molecule has 0 aliphatic rings. The fourth-order valence-electron chi connectivity index (χ4n) is 1.88. The van der Waals surface area contributed by atoms with E-state index in [1.165, 1.54) is 21.6 Å². The zero-order valence-electron chi connectivity index (χ0n) is 14.0. The highest BCUT2D eigenvalue weighted by molar-refractivity contribution is 8.00. The summed E-state index contributed by atoms with van der Waals surface area (Å²) in [4.78, 5) is 1.29. The summed E-state index contributed by atoms with van der Waals surface area (Å²) in [6.07, 6.45) is 0. The monoisotopic (exact) mass is 301 g/mol.